The van der Waals surface area contributed by atoms with Gasteiger partial charge in [-0.25, -0.2) is 3.63 Å². The van der Waals surface area contributed by atoms with Crippen molar-refractivity contribution in [2.75, 3.05) is 64.4 Å². The molecule has 0 aliphatic carbocycles. The molecule has 0 atom stereocenters. The molecular formula is C30H38F3NO7S2. The summed E-state index contributed by atoms with van der Waals surface area (Å²) >= 11 is 0. The van der Waals surface area contributed by atoms with E-state index in [1.807, 2.05) is 13.8 Å². The lowest BCUT2D eigenvalue weighted by Gasteiger charge is -2.41. The maximum absolute atomic E-state index is 13.5. The molecule has 0 saturated carbocycles. The van der Waals surface area contributed by atoms with Crippen molar-refractivity contribution in [2.24, 2.45) is 0 Å². The number of alkyl halides is 3. The second kappa shape index (κ2) is 15.7. The van der Waals surface area contributed by atoms with Gasteiger partial charge in [-0.05, 0) is 84.8 Å². The third-order valence-corrected chi connectivity index (χ3v) is 11.1. The standard InChI is InChI=1S/C30H38F3NO7S2/c1-5-37-19-21-39-24-11-15-26(16-12-24)43(41-42(35,36)23-30(31,32)33,29-10-8-7-9-28(29)34(3)4)27-17-13-25(14-18-27)40-22-20-38-6-2/h7-18H,5-6,19-23H2,1-4H3. The smallest absolute Gasteiger partial charge is 0.405 e. The van der Waals surface area contributed by atoms with Gasteiger partial charge in [0, 0.05) is 42.0 Å². The van der Waals surface area contributed by atoms with E-state index < -0.39 is 32.4 Å². The molecule has 0 unspecified atom stereocenters. The van der Waals surface area contributed by atoms with E-state index in [0.717, 1.165) is 0 Å². The Hall–Kier alpha value is -2.97. The molecule has 0 saturated heterocycles. The molecule has 0 radical (unpaired) electrons. The number of ether oxygens (including phenoxy) is 4. The first-order chi connectivity index (χ1) is 20.4. The van der Waals surface area contributed by atoms with Gasteiger partial charge in [0.1, 0.15) is 24.7 Å². The van der Waals surface area contributed by atoms with Gasteiger partial charge in [-0.3, -0.25) is 0 Å². The number of anilines is 1. The molecule has 3 aromatic carbocycles. The lowest BCUT2D eigenvalue weighted by molar-refractivity contribution is -0.107. The largest absolute Gasteiger partial charge is 0.491 e. The summed E-state index contributed by atoms with van der Waals surface area (Å²) in [5.74, 6) is -1.18. The van der Waals surface area contributed by atoms with Gasteiger partial charge in [-0.15, -0.1) is 0 Å². The van der Waals surface area contributed by atoms with Crippen molar-refractivity contribution in [3.63, 3.8) is 0 Å². The van der Waals surface area contributed by atoms with Gasteiger partial charge in [0.2, 0.25) is 0 Å². The molecule has 0 aliphatic rings. The van der Waals surface area contributed by atoms with Crippen LogP contribution in [-0.4, -0.2) is 74.1 Å². The molecule has 0 bridgehead atoms. The van der Waals surface area contributed by atoms with Crippen LogP contribution in [0.4, 0.5) is 18.9 Å². The highest BCUT2D eigenvalue weighted by Gasteiger charge is 2.44. The van der Waals surface area contributed by atoms with Crippen LogP contribution in [0, 0.1) is 0 Å². The average molecular weight is 646 g/mol. The van der Waals surface area contributed by atoms with Gasteiger partial charge in [-0.1, -0.05) is 12.1 Å². The van der Waals surface area contributed by atoms with Crippen LogP contribution in [0.1, 0.15) is 13.8 Å². The summed E-state index contributed by atoms with van der Waals surface area (Å²) in [5, 5.41) is 0. The molecule has 0 spiro atoms. The summed E-state index contributed by atoms with van der Waals surface area (Å²) in [7, 11) is -4.94. The summed E-state index contributed by atoms with van der Waals surface area (Å²) in [5.41, 5.74) is 0.578. The summed E-state index contributed by atoms with van der Waals surface area (Å²) in [6.07, 6.45) is -5.01. The topological polar surface area (TPSA) is 83.5 Å². The number of hydrogen-bond donors (Lipinski definition) is 0. The van der Waals surface area contributed by atoms with Crippen LogP contribution in [0.25, 0.3) is 0 Å². The van der Waals surface area contributed by atoms with Crippen molar-refractivity contribution in [1.82, 2.24) is 0 Å². The summed E-state index contributed by atoms with van der Waals surface area (Å²) in [6.45, 7) is 6.15. The molecule has 13 heteroatoms. The van der Waals surface area contributed by atoms with E-state index in [0.29, 0.717) is 58.3 Å². The quantitative estimate of drug-likeness (QED) is 0.150. The first-order valence-electron chi connectivity index (χ1n) is 13.6. The van der Waals surface area contributed by atoms with E-state index >= 15 is 0 Å². The Morgan fingerprint density at radius 2 is 1.16 bits per heavy atom. The Kier molecular flexibility index (Phi) is 12.6. The van der Waals surface area contributed by atoms with Crippen LogP contribution in [0.15, 0.2) is 87.5 Å². The highest BCUT2D eigenvalue weighted by Crippen LogP contribution is 2.72. The fourth-order valence-electron chi connectivity index (χ4n) is 4.14. The van der Waals surface area contributed by atoms with Gasteiger partial charge in [0.25, 0.3) is 10.1 Å². The van der Waals surface area contributed by atoms with E-state index in [1.165, 1.54) is 0 Å². The van der Waals surface area contributed by atoms with Crippen molar-refractivity contribution in [1.29, 1.82) is 0 Å². The molecule has 0 fully saturated rings. The SMILES string of the molecule is CCOCCOc1ccc(S(OS(=O)(=O)CC(F)(F)F)(c2ccc(OCCOCC)cc2)c2ccccc2N(C)C)cc1. The number of para-hydroxylation sites is 1. The lowest BCUT2D eigenvalue weighted by Crippen LogP contribution is -2.26. The molecule has 3 aromatic rings. The predicted octanol–water partition coefficient (Wildman–Crippen LogP) is 6.69. The van der Waals surface area contributed by atoms with Crippen LogP contribution in [0.2, 0.25) is 0 Å². The van der Waals surface area contributed by atoms with Crippen molar-refractivity contribution < 1.29 is 44.2 Å². The normalized spacial score (nSPS) is 12.6. The van der Waals surface area contributed by atoms with Gasteiger partial charge >= 0.3 is 6.18 Å². The van der Waals surface area contributed by atoms with Gasteiger partial charge in [0.05, 0.1) is 18.9 Å². The Morgan fingerprint density at radius 3 is 1.58 bits per heavy atom. The highest BCUT2D eigenvalue weighted by atomic mass is 32.3. The van der Waals surface area contributed by atoms with Crippen molar-refractivity contribution in [2.45, 2.75) is 34.7 Å². The van der Waals surface area contributed by atoms with E-state index in [9.17, 15) is 21.6 Å². The first kappa shape index (κ1) is 34.5. The molecule has 8 nitrogen and oxygen atoms in total. The number of hydrogen-bond acceptors (Lipinski definition) is 8. The van der Waals surface area contributed by atoms with Gasteiger partial charge in [-0.2, -0.15) is 21.6 Å². The van der Waals surface area contributed by atoms with Crippen LogP contribution in [-0.2, 0) is 23.2 Å². The molecule has 43 heavy (non-hydrogen) atoms. The van der Waals surface area contributed by atoms with Crippen LogP contribution < -0.4 is 14.4 Å². The van der Waals surface area contributed by atoms with E-state index in [4.69, 9.17) is 22.6 Å². The minimum absolute atomic E-state index is 0.288. The number of nitrogens with zero attached hydrogens (tertiary/aromatic N) is 1. The fourth-order valence-corrected chi connectivity index (χ4v) is 9.53. The summed E-state index contributed by atoms with van der Waals surface area (Å²) in [4.78, 5) is 2.87. The van der Waals surface area contributed by atoms with Gasteiger partial charge in [0.15, 0.2) is 5.75 Å². The van der Waals surface area contributed by atoms with E-state index in [2.05, 4.69) is 0 Å². The second-order valence-electron chi connectivity index (χ2n) is 9.34. The maximum atomic E-state index is 13.5. The Morgan fingerprint density at radius 1 is 0.698 bits per heavy atom. The van der Waals surface area contributed by atoms with Gasteiger partial charge < -0.3 is 23.8 Å². The summed E-state index contributed by atoms with van der Waals surface area (Å²) < 4.78 is 94.7. The molecule has 0 N–H and O–H groups in total. The second-order valence-corrected chi connectivity index (χ2v) is 13.8. The minimum Gasteiger partial charge on any atom is -0.491 e. The number of rotatable bonds is 17. The zero-order valence-corrected chi connectivity index (χ0v) is 26.3. The molecule has 0 aromatic heterocycles. The third kappa shape index (κ3) is 9.77. The molecule has 0 aliphatic heterocycles. The Bertz CT molecular complexity index is 1330. The Balaban J connectivity index is 2.22. The van der Waals surface area contributed by atoms with Crippen LogP contribution in [0.3, 0.4) is 0 Å². The van der Waals surface area contributed by atoms with Crippen molar-refractivity contribution in [3.8, 4) is 11.5 Å². The fraction of sp³-hybridized carbons (Fsp3) is 0.400. The number of halogens is 3. The molecule has 238 valence electrons. The monoisotopic (exact) mass is 645 g/mol. The minimum atomic E-state index is -5.15. The van der Waals surface area contributed by atoms with E-state index in [1.54, 1.807) is 91.8 Å². The average Bonchev–Trinajstić information content (AvgIpc) is 2.96. The lowest BCUT2D eigenvalue weighted by atomic mass is 10.3. The first-order valence-corrected chi connectivity index (χ1v) is 16.8. The molecule has 0 amide bonds. The summed E-state index contributed by atoms with van der Waals surface area (Å²) in [6, 6.07) is 19.9. The zero-order valence-electron chi connectivity index (χ0n) is 24.6. The number of benzene rings is 3. The predicted molar refractivity (Wildman–Crippen MR) is 161 cm³/mol. The van der Waals surface area contributed by atoms with E-state index in [-0.39, 0.29) is 13.2 Å². The van der Waals surface area contributed by atoms with Crippen molar-refractivity contribution >= 4 is 26.1 Å². The van der Waals surface area contributed by atoms with Crippen LogP contribution >= 0.6 is 10.3 Å². The zero-order chi connectivity index (χ0) is 31.5. The molecular weight excluding hydrogens is 607 g/mol. The Labute approximate surface area is 253 Å². The molecule has 3 rings (SSSR count). The highest BCUT2D eigenvalue weighted by molar-refractivity contribution is 8.33. The maximum Gasteiger partial charge on any atom is 0.405 e. The van der Waals surface area contributed by atoms with Crippen molar-refractivity contribution in [3.05, 3.63) is 72.8 Å². The molecule has 0 heterocycles. The third-order valence-electron chi connectivity index (χ3n) is 5.92. The van der Waals surface area contributed by atoms with Crippen LogP contribution in [0.5, 0.6) is 11.5 Å².